The van der Waals surface area contributed by atoms with Crippen molar-refractivity contribution in [2.45, 2.75) is 6.92 Å². The third-order valence-corrected chi connectivity index (χ3v) is 2.07. The second-order valence-corrected chi connectivity index (χ2v) is 3.18. The van der Waals surface area contributed by atoms with Gasteiger partial charge in [0, 0.05) is 28.7 Å². The van der Waals surface area contributed by atoms with E-state index in [1.165, 1.54) is 6.92 Å². The van der Waals surface area contributed by atoms with Gasteiger partial charge in [-0.15, -0.1) is 0 Å². The number of rotatable bonds is 2. The Morgan fingerprint density at radius 3 is 2.44 bits per heavy atom. The average molecular weight is 167 g/mol. The van der Waals surface area contributed by atoms with Crippen molar-refractivity contribution < 1.29 is 14.7 Å². The lowest BCUT2D eigenvalue weighted by Gasteiger charge is -1.92. The molecule has 0 bridgehead atoms. The predicted molar refractivity (Wildman–Crippen MR) is 37.0 cm³/mol. The van der Waals surface area contributed by atoms with Gasteiger partial charge in [-0.05, 0) is 0 Å². The van der Waals surface area contributed by atoms with Crippen LogP contribution >= 0.6 is 21.8 Å². The molecule has 1 amide bonds. The summed E-state index contributed by atoms with van der Waals surface area (Å²) in [7, 11) is 1.63. The van der Waals surface area contributed by atoms with E-state index >= 15 is 0 Å². The summed E-state index contributed by atoms with van der Waals surface area (Å²) in [5.74, 6) is 0. The molecule has 52 valence electrons. The largest absolute Gasteiger partial charge is 0.464 e. The van der Waals surface area contributed by atoms with E-state index in [2.05, 4.69) is 0 Å². The molecule has 0 aliphatic carbocycles. The van der Waals surface area contributed by atoms with Crippen molar-refractivity contribution in [2.75, 3.05) is 0 Å². The summed E-state index contributed by atoms with van der Waals surface area (Å²) in [5.41, 5.74) is 0. The molecule has 0 aromatic heterocycles. The van der Waals surface area contributed by atoms with Gasteiger partial charge in [-0.2, -0.15) is 0 Å². The van der Waals surface area contributed by atoms with Crippen molar-refractivity contribution >= 4 is 33.0 Å². The highest BCUT2D eigenvalue weighted by atomic mass is 33.1. The van der Waals surface area contributed by atoms with Gasteiger partial charge in [0.05, 0.1) is 0 Å². The summed E-state index contributed by atoms with van der Waals surface area (Å²) in [4.78, 5) is 19.9. The first-order chi connectivity index (χ1) is 4.13. The van der Waals surface area contributed by atoms with Gasteiger partial charge < -0.3 is 5.11 Å². The van der Waals surface area contributed by atoms with E-state index in [1.54, 1.807) is 0 Å². The third-order valence-electron chi connectivity index (χ3n) is 0.288. The van der Waals surface area contributed by atoms with E-state index in [0.717, 1.165) is 21.8 Å². The Bertz CT molecular complexity index is 112. The molecule has 6 heteroatoms. The third kappa shape index (κ3) is 7.64. The summed E-state index contributed by atoms with van der Waals surface area (Å²) < 4.78 is 1.95. The van der Waals surface area contributed by atoms with E-state index in [1.807, 2.05) is 4.72 Å². The summed E-state index contributed by atoms with van der Waals surface area (Å²) in [6.45, 7) is 1.36. The quantitative estimate of drug-likeness (QED) is 0.476. The van der Waals surface area contributed by atoms with Crippen LogP contribution in [0.15, 0.2) is 0 Å². The SMILES string of the molecule is CC(=O)SSNC(=O)O. The minimum Gasteiger partial charge on any atom is -0.464 e. The second kappa shape index (κ2) is 4.51. The van der Waals surface area contributed by atoms with Crippen molar-refractivity contribution in [1.29, 1.82) is 0 Å². The van der Waals surface area contributed by atoms with Crippen molar-refractivity contribution in [1.82, 2.24) is 4.72 Å². The van der Waals surface area contributed by atoms with Crippen LogP contribution in [0.5, 0.6) is 0 Å². The predicted octanol–water partition coefficient (Wildman–Crippen LogP) is 1.10. The minimum absolute atomic E-state index is 0.131. The van der Waals surface area contributed by atoms with E-state index < -0.39 is 6.09 Å². The maximum atomic E-state index is 10.1. The Morgan fingerprint density at radius 2 is 2.11 bits per heavy atom. The molecular formula is C3H5NO3S2. The molecule has 0 saturated heterocycles. The molecule has 0 aliphatic rings. The number of carboxylic acid groups (broad SMARTS) is 1. The number of nitrogens with one attached hydrogen (secondary N) is 1. The van der Waals surface area contributed by atoms with Crippen molar-refractivity contribution in [2.24, 2.45) is 0 Å². The highest BCUT2D eigenvalue weighted by molar-refractivity contribution is 8.81. The lowest BCUT2D eigenvalue weighted by Crippen LogP contribution is -2.10. The summed E-state index contributed by atoms with van der Waals surface area (Å²) in [6, 6.07) is 0. The topological polar surface area (TPSA) is 66.4 Å². The van der Waals surface area contributed by atoms with Crippen LogP contribution in [-0.4, -0.2) is 16.3 Å². The Morgan fingerprint density at radius 1 is 1.56 bits per heavy atom. The van der Waals surface area contributed by atoms with Crippen molar-refractivity contribution in [3.63, 3.8) is 0 Å². The first-order valence-electron chi connectivity index (χ1n) is 1.96. The van der Waals surface area contributed by atoms with Crippen molar-refractivity contribution in [3.8, 4) is 0 Å². The number of carbonyl (C=O) groups excluding carboxylic acids is 1. The fraction of sp³-hybridized carbons (Fsp3) is 0.333. The molecule has 0 spiro atoms. The monoisotopic (exact) mass is 167 g/mol. The maximum Gasteiger partial charge on any atom is 0.415 e. The fourth-order valence-corrected chi connectivity index (χ4v) is 1.04. The molecule has 0 saturated carbocycles. The zero-order valence-corrected chi connectivity index (χ0v) is 6.21. The van der Waals surface area contributed by atoms with Gasteiger partial charge in [0.2, 0.25) is 0 Å². The van der Waals surface area contributed by atoms with Crippen LogP contribution in [0, 0.1) is 0 Å². The number of carbonyl (C=O) groups is 2. The molecule has 2 N–H and O–H groups in total. The molecule has 4 nitrogen and oxygen atoms in total. The van der Waals surface area contributed by atoms with Gasteiger partial charge in [-0.3, -0.25) is 9.52 Å². The fourth-order valence-electron chi connectivity index (χ4n) is 0.115. The van der Waals surface area contributed by atoms with Crippen molar-refractivity contribution in [3.05, 3.63) is 0 Å². The average Bonchev–Trinajstić information content (AvgIpc) is 1.63. The molecular weight excluding hydrogens is 162 g/mol. The van der Waals surface area contributed by atoms with E-state index in [4.69, 9.17) is 5.11 Å². The van der Waals surface area contributed by atoms with Crippen LogP contribution in [0.1, 0.15) is 6.92 Å². The molecule has 0 fully saturated rings. The standard InChI is InChI=1S/C3H5NO3S2/c1-2(5)8-9-4-3(6)7/h4H,1H3,(H,6,7). The molecule has 0 radical (unpaired) electrons. The van der Waals surface area contributed by atoms with Gasteiger partial charge in [0.25, 0.3) is 0 Å². The summed E-state index contributed by atoms with van der Waals surface area (Å²) in [5, 5.41) is 7.84. The highest BCUT2D eigenvalue weighted by Crippen LogP contribution is 2.16. The lowest BCUT2D eigenvalue weighted by atomic mass is 10.9. The normalized spacial score (nSPS) is 8.56. The van der Waals surface area contributed by atoms with Crippen LogP contribution in [0.2, 0.25) is 0 Å². The smallest absolute Gasteiger partial charge is 0.415 e. The zero-order valence-electron chi connectivity index (χ0n) is 4.58. The second-order valence-electron chi connectivity index (χ2n) is 1.07. The molecule has 0 unspecified atom stereocenters. The zero-order chi connectivity index (χ0) is 7.28. The van der Waals surface area contributed by atoms with Crippen LogP contribution < -0.4 is 4.72 Å². The highest BCUT2D eigenvalue weighted by Gasteiger charge is 1.96. The number of amides is 1. The molecule has 0 aliphatic heterocycles. The number of hydrogen-bond donors (Lipinski definition) is 2. The molecule has 0 aromatic rings. The first-order valence-corrected chi connectivity index (χ1v) is 4.11. The van der Waals surface area contributed by atoms with Gasteiger partial charge in [-0.1, -0.05) is 0 Å². The van der Waals surface area contributed by atoms with Gasteiger partial charge >= 0.3 is 6.09 Å². The first kappa shape index (κ1) is 8.64. The number of hydrogen-bond acceptors (Lipinski definition) is 4. The Balaban J connectivity index is 3.10. The van der Waals surface area contributed by atoms with Gasteiger partial charge in [-0.25, -0.2) is 4.79 Å². The lowest BCUT2D eigenvalue weighted by molar-refractivity contribution is -0.109. The van der Waals surface area contributed by atoms with Crippen LogP contribution in [0.25, 0.3) is 0 Å². The summed E-state index contributed by atoms with van der Waals surface area (Å²) >= 11 is 0. The van der Waals surface area contributed by atoms with E-state index in [9.17, 15) is 9.59 Å². The molecule has 0 rings (SSSR count). The maximum absolute atomic E-state index is 10.1. The van der Waals surface area contributed by atoms with Crippen LogP contribution in [0.3, 0.4) is 0 Å². The van der Waals surface area contributed by atoms with Crippen LogP contribution in [-0.2, 0) is 4.79 Å². The molecule has 0 atom stereocenters. The minimum atomic E-state index is -1.14. The van der Waals surface area contributed by atoms with E-state index in [-0.39, 0.29) is 5.12 Å². The summed E-state index contributed by atoms with van der Waals surface area (Å²) in [6.07, 6.45) is -1.14. The van der Waals surface area contributed by atoms with E-state index in [0.29, 0.717) is 0 Å². The van der Waals surface area contributed by atoms with Crippen LogP contribution in [0.4, 0.5) is 4.79 Å². The molecule has 0 heterocycles. The Hall–Kier alpha value is -0.360. The Kier molecular flexibility index (Phi) is 4.33. The molecule has 9 heavy (non-hydrogen) atoms. The van der Waals surface area contributed by atoms with Gasteiger partial charge in [0.1, 0.15) is 0 Å². The Labute approximate surface area is 59.9 Å². The van der Waals surface area contributed by atoms with Gasteiger partial charge in [0.15, 0.2) is 5.12 Å². The molecule has 0 aromatic carbocycles.